The minimum atomic E-state index is 0.633. The van der Waals surface area contributed by atoms with Crippen LogP contribution in [-0.2, 0) is 6.42 Å². The normalized spacial score (nSPS) is 10.8. The third kappa shape index (κ3) is 3.00. The Kier molecular flexibility index (Phi) is 4.42. The van der Waals surface area contributed by atoms with Gasteiger partial charge in [-0.15, -0.1) is 16.7 Å². The van der Waals surface area contributed by atoms with Crippen molar-refractivity contribution in [1.29, 1.82) is 0 Å². The van der Waals surface area contributed by atoms with Crippen molar-refractivity contribution in [3.8, 4) is 5.69 Å². The number of hydrogen-bond acceptors (Lipinski definition) is 2. The molecule has 6 heteroatoms. The third-order valence-electron chi connectivity index (χ3n) is 2.29. The lowest BCUT2D eigenvalue weighted by Crippen LogP contribution is -1.96. The number of alkyl halides is 1. The van der Waals surface area contributed by atoms with Gasteiger partial charge in [-0.05, 0) is 40.9 Å². The van der Waals surface area contributed by atoms with Crippen molar-refractivity contribution in [2.24, 2.45) is 0 Å². The van der Waals surface area contributed by atoms with Crippen LogP contribution in [0.5, 0.6) is 0 Å². The lowest BCUT2D eigenvalue weighted by atomic mass is 10.3. The zero-order valence-electron chi connectivity index (χ0n) is 8.91. The highest BCUT2D eigenvalue weighted by Crippen LogP contribution is 2.28. The van der Waals surface area contributed by atoms with Crippen molar-refractivity contribution in [3.63, 3.8) is 0 Å². The number of benzene rings is 1. The second-order valence-electron chi connectivity index (χ2n) is 3.52. The maximum atomic E-state index is 6.03. The molecule has 90 valence electrons. The maximum absolute atomic E-state index is 6.03. The van der Waals surface area contributed by atoms with Gasteiger partial charge in [0.05, 0.1) is 27.1 Å². The summed E-state index contributed by atoms with van der Waals surface area (Å²) in [5.74, 6) is 0.633. The molecular weight excluding hydrogens is 325 g/mol. The fourth-order valence-corrected chi connectivity index (χ4v) is 2.20. The summed E-state index contributed by atoms with van der Waals surface area (Å²) in [6, 6.07) is 5.62. The van der Waals surface area contributed by atoms with Crippen LogP contribution in [0.1, 0.15) is 12.1 Å². The molecule has 0 spiro atoms. The van der Waals surface area contributed by atoms with Gasteiger partial charge in [0, 0.05) is 5.88 Å². The van der Waals surface area contributed by atoms with Crippen molar-refractivity contribution in [2.45, 2.75) is 12.8 Å². The molecule has 1 aromatic heterocycles. The molecule has 0 saturated carbocycles. The molecule has 0 N–H and O–H groups in total. The van der Waals surface area contributed by atoms with Crippen LogP contribution in [0.25, 0.3) is 5.69 Å². The Morgan fingerprint density at radius 3 is 2.94 bits per heavy atom. The van der Waals surface area contributed by atoms with Crippen LogP contribution in [-0.4, -0.2) is 20.9 Å². The van der Waals surface area contributed by atoms with Crippen molar-refractivity contribution in [2.75, 3.05) is 5.88 Å². The first-order valence-corrected chi connectivity index (χ1v) is 6.84. The van der Waals surface area contributed by atoms with Crippen LogP contribution >= 0.6 is 39.1 Å². The molecule has 1 aromatic carbocycles. The Balaban J connectivity index is 2.27. The Morgan fingerprint density at radius 2 is 2.18 bits per heavy atom. The van der Waals surface area contributed by atoms with Crippen LogP contribution in [0, 0.1) is 0 Å². The van der Waals surface area contributed by atoms with Crippen molar-refractivity contribution < 1.29 is 0 Å². The van der Waals surface area contributed by atoms with E-state index in [-0.39, 0.29) is 0 Å². The van der Waals surface area contributed by atoms with E-state index in [4.69, 9.17) is 23.2 Å². The summed E-state index contributed by atoms with van der Waals surface area (Å²) >= 11 is 15.1. The van der Waals surface area contributed by atoms with Gasteiger partial charge < -0.3 is 0 Å². The Hall–Kier alpha value is -0.580. The average Bonchev–Trinajstić information content (AvgIpc) is 2.78. The second-order valence-corrected chi connectivity index (χ2v) is 5.10. The number of nitrogens with zero attached hydrogens (tertiary/aromatic N) is 3. The van der Waals surface area contributed by atoms with E-state index in [1.165, 1.54) is 0 Å². The highest BCUT2D eigenvalue weighted by Gasteiger charge is 2.08. The van der Waals surface area contributed by atoms with Crippen LogP contribution < -0.4 is 0 Å². The number of aromatic nitrogens is 3. The van der Waals surface area contributed by atoms with Crippen LogP contribution in [0.15, 0.2) is 28.9 Å². The van der Waals surface area contributed by atoms with Crippen molar-refractivity contribution >= 4 is 39.1 Å². The van der Waals surface area contributed by atoms with Crippen molar-refractivity contribution in [3.05, 3.63) is 39.6 Å². The topological polar surface area (TPSA) is 30.7 Å². The Labute approximate surface area is 118 Å². The van der Waals surface area contributed by atoms with Gasteiger partial charge in [-0.25, -0.2) is 4.68 Å². The van der Waals surface area contributed by atoms with Gasteiger partial charge in [-0.2, -0.15) is 0 Å². The molecule has 0 radical (unpaired) electrons. The van der Waals surface area contributed by atoms with E-state index in [1.54, 1.807) is 4.68 Å². The molecule has 0 atom stereocenters. The first-order chi connectivity index (χ1) is 8.22. The standard InChI is InChI=1S/C11H10BrCl2N3/c12-11-9(14)4-1-5-10(11)17-7-8(15-16-17)3-2-6-13/h1,4-5,7H,2-3,6H2. The van der Waals surface area contributed by atoms with Crippen LogP contribution in [0.3, 0.4) is 0 Å². The molecular formula is C11H10BrCl2N3. The minimum Gasteiger partial charge on any atom is -0.219 e. The molecule has 0 bridgehead atoms. The van der Waals surface area contributed by atoms with E-state index in [1.807, 2.05) is 24.4 Å². The lowest BCUT2D eigenvalue weighted by molar-refractivity contribution is 0.790. The average molecular weight is 335 g/mol. The van der Waals surface area contributed by atoms with E-state index in [2.05, 4.69) is 26.2 Å². The molecule has 0 unspecified atom stereocenters. The van der Waals surface area contributed by atoms with Gasteiger partial charge in [0.2, 0.25) is 0 Å². The van der Waals surface area contributed by atoms with Gasteiger partial charge in [-0.3, -0.25) is 0 Å². The van der Waals surface area contributed by atoms with E-state index < -0.39 is 0 Å². The molecule has 0 fully saturated rings. The quantitative estimate of drug-likeness (QED) is 0.795. The van der Waals surface area contributed by atoms with E-state index in [0.717, 1.165) is 28.7 Å². The fourth-order valence-electron chi connectivity index (χ4n) is 1.45. The molecule has 3 nitrogen and oxygen atoms in total. The summed E-state index contributed by atoms with van der Waals surface area (Å²) < 4.78 is 2.52. The first kappa shape index (κ1) is 12.9. The Morgan fingerprint density at radius 1 is 1.35 bits per heavy atom. The number of aryl methyl sites for hydroxylation is 1. The highest BCUT2D eigenvalue weighted by atomic mass is 79.9. The van der Waals surface area contributed by atoms with Gasteiger partial charge in [0.1, 0.15) is 0 Å². The van der Waals surface area contributed by atoms with E-state index in [0.29, 0.717) is 10.9 Å². The van der Waals surface area contributed by atoms with Gasteiger partial charge in [-0.1, -0.05) is 22.9 Å². The predicted octanol–water partition coefficient (Wildman–Crippen LogP) is 3.85. The predicted molar refractivity (Wildman–Crippen MR) is 73.1 cm³/mol. The molecule has 2 rings (SSSR count). The molecule has 0 amide bonds. The SMILES string of the molecule is ClCCCc1cn(-c2cccc(Cl)c2Br)nn1. The maximum Gasteiger partial charge on any atom is 0.0832 e. The van der Waals surface area contributed by atoms with E-state index in [9.17, 15) is 0 Å². The largest absolute Gasteiger partial charge is 0.219 e. The number of hydrogen-bond donors (Lipinski definition) is 0. The minimum absolute atomic E-state index is 0.633. The highest BCUT2D eigenvalue weighted by molar-refractivity contribution is 9.10. The monoisotopic (exact) mass is 333 g/mol. The smallest absolute Gasteiger partial charge is 0.0832 e. The summed E-state index contributed by atoms with van der Waals surface area (Å²) in [6.45, 7) is 0. The van der Waals surface area contributed by atoms with Gasteiger partial charge in [0.25, 0.3) is 0 Å². The molecule has 2 aromatic rings. The summed E-state index contributed by atoms with van der Waals surface area (Å²) in [4.78, 5) is 0. The van der Waals surface area contributed by atoms with Crippen LogP contribution in [0.2, 0.25) is 5.02 Å². The molecule has 0 aliphatic heterocycles. The lowest BCUT2D eigenvalue weighted by Gasteiger charge is -2.04. The van der Waals surface area contributed by atoms with Gasteiger partial charge in [0.15, 0.2) is 0 Å². The number of halogens is 3. The summed E-state index contributed by atoms with van der Waals surface area (Å²) in [5, 5.41) is 8.82. The summed E-state index contributed by atoms with van der Waals surface area (Å²) in [6.07, 6.45) is 3.63. The first-order valence-electron chi connectivity index (χ1n) is 5.14. The zero-order chi connectivity index (χ0) is 12.3. The molecule has 0 aliphatic rings. The third-order valence-corrected chi connectivity index (χ3v) is 3.93. The molecule has 1 heterocycles. The zero-order valence-corrected chi connectivity index (χ0v) is 12.0. The molecule has 0 saturated heterocycles. The molecule has 0 aliphatic carbocycles. The van der Waals surface area contributed by atoms with Gasteiger partial charge >= 0.3 is 0 Å². The fraction of sp³-hybridized carbons (Fsp3) is 0.273. The summed E-state index contributed by atoms with van der Waals surface area (Å²) in [7, 11) is 0. The molecule has 17 heavy (non-hydrogen) atoms. The summed E-state index contributed by atoms with van der Waals surface area (Å²) in [5.41, 5.74) is 1.81. The van der Waals surface area contributed by atoms with Crippen LogP contribution in [0.4, 0.5) is 0 Å². The number of rotatable bonds is 4. The Bertz CT molecular complexity index is 513. The van der Waals surface area contributed by atoms with E-state index >= 15 is 0 Å². The second kappa shape index (κ2) is 5.85. The van der Waals surface area contributed by atoms with Crippen molar-refractivity contribution in [1.82, 2.24) is 15.0 Å².